The van der Waals surface area contributed by atoms with E-state index in [-0.39, 0.29) is 24.7 Å². The van der Waals surface area contributed by atoms with Crippen molar-refractivity contribution in [3.8, 4) is 5.75 Å². The molecule has 0 aromatic heterocycles. The summed E-state index contributed by atoms with van der Waals surface area (Å²) in [6.45, 7) is 4.00. The highest BCUT2D eigenvalue weighted by Crippen LogP contribution is 2.22. The Morgan fingerprint density at radius 1 is 1.43 bits per heavy atom. The lowest BCUT2D eigenvalue weighted by atomic mass is 10.2. The van der Waals surface area contributed by atoms with Crippen LogP contribution in [0.3, 0.4) is 0 Å². The van der Waals surface area contributed by atoms with Gasteiger partial charge >= 0.3 is 0 Å². The summed E-state index contributed by atoms with van der Waals surface area (Å²) in [6.07, 6.45) is 0.169. The van der Waals surface area contributed by atoms with Gasteiger partial charge < -0.3 is 24.8 Å². The summed E-state index contributed by atoms with van der Waals surface area (Å²) in [5.74, 6) is 0.413. The van der Waals surface area contributed by atoms with E-state index in [1.165, 1.54) is 0 Å². The standard InChI is InChI=1S/C15H22N2O4/c1-11-7-16-8-12(21-11)9-20-10-15(18)17-13-5-3-4-6-14(13)19-2/h3-6,11-12,16H,7-10H2,1-2H3,(H,17,18). The minimum absolute atomic E-state index is 0.00666. The SMILES string of the molecule is COc1ccccc1NC(=O)COCC1CNCC(C)O1. The van der Waals surface area contributed by atoms with Gasteiger partial charge in [0.15, 0.2) is 0 Å². The third-order valence-corrected chi connectivity index (χ3v) is 3.15. The number of carbonyl (C=O) groups excluding carboxylic acids is 1. The van der Waals surface area contributed by atoms with Gasteiger partial charge in [0.2, 0.25) is 5.91 Å². The third-order valence-electron chi connectivity index (χ3n) is 3.15. The van der Waals surface area contributed by atoms with E-state index < -0.39 is 0 Å². The molecule has 6 heteroatoms. The molecule has 0 spiro atoms. The van der Waals surface area contributed by atoms with Gasteiger partial charge in [0.1, 0.15) is 12.4 Å². The lowest BCUT2D eigenvalue weighted by Crippen LogP contribution is -2.45. The number of hydrogen-bond donors (Lipinski definition) is 2. The van der Waals surface area contributed by atoms with Crippen LogP contribution in [0.1, 0.15) is 6.92 Å². The number of carbonyl (C=O) groups is 1. The Morgan fingerprint density at radius 3 is 3.00 bits per heavy atom. The number of anilines is 1. The average Bonchev–Trinajstić information content (AvgIpc) is 2.48. The van der Waals surface area contributed by atoms with E-state index in [4.69, 9.17) is 14.2 Å². The van der Waals surface area contributed by atoms with E-state index in [1.807, 2.05) is 19.1 Å². The van der Waals surface area contributed by atoms with Crippen LogP contribution < -0.4 is 15.4 Å². The molecule has 21 heavy (non-hydrogen) atoms. The van der Waals surface area contributed by atoms with Crippen molar-refractivity contribution in [1.29, 1.82) is 0 Å². The molecule has 0 bridgehead atoms. The molecule has 2 unspecified atom stereocenters. The maximum Gasteiger partial charge on any atom is 0.250 e. The van der Waals surface area contributed by atoms with Crippen LogP contribution in [0.4, 0.5) is 5.69 Å². The van der Waals surface area contributed by atoms with Gasteiger partial charge in [0, 0.05) is 13.1 Å². The van der Waals surface area contributed by atoms with Crippen LogP contribution in [0.5, 0.6) is 5.75 Å². The largest absolute Gasteiger partial charge is 0.495 e. The molecule has 0 saturated carbocycles. The van der Waals surface area contributed by atoms with E-state index in [0.717, 1.165) is 13.1 Å². The van der Waals surface area contributed by atoms with Crippen molar-refractivity contribution in [3.05, 3.63) is 24.3 Å². The van der Waals surface area contributed by atoms with E-state index in [9.17, 15) is 4.79 Å². The maximum atomic E-state index is 11.8. The summed E-state index contributed by atoms with van der Waals surface area (Å²) in [7, 11) is 1.57. The van der Waals surface area contributed by atoms with Crippen LogP contribution in [0.2, 0.25) is 0 Å². The third kappa shape index (κ3) is 5.00. The number of ether oxygens (including phenoxy) is 3. The Kier molecular flexibility index (Phi) is 5.98. The number of nitrogens with one attached hydrogen (secondary N) is 2. The molecule has 1 saturated heterocycles. The highest BCUT2D eigenvalue weighted by atomic mass is 16.5. The summed E-state index contributed by atoms with van der Waals surface area (Å²) >= 11 is 0. The Labute approximate surface area is 124 Å². The topological polar surface area (TPSA) is 68.8 Å². The van der Waals surface area contributed by atoms with Crippen LogP contribution in [0, 0.1) is 0 Å². The summed E-state index contributed by atoms with van der Waals surface area (Å²) in [5.41, 5.74) is 0.637. The predicted molar refractivity (Wildman–Crippen MR) is 79.6 cm³/mol. The summed E-state index contributed by atoms with van der Waals surface area (Å²) in [4.78, 5) is 11.8. The molecule has 2 rings (SSSR count). The molecule has 6 nitrogen and oxygen atoms in total. The molecule has 2 N–H and O–H groups in total. The molecule has 0 radical (unpaired) electrons. The first-order valence-electron chi connectivity index (χ1n) is 7.06. The molecule has 1 aliphatic heterocycles. The van der Waals surface area contributed by atoms with Crippen molar-refractivity contribution in [2.75, 3.05) is 38.7 Å². The Morgan fingerprint density at radius 2 is 2.24 bits per heavy atom. The van der Waals surface area contributed by atoms with Gasteiger partial charge in [-0.1, -0.05) is 12.1 Å². The fourth-order valence-electron chi connectivity index (χ4n) is 2.19. The number of para-hydroxylation sites is 2. The Bertz CT molecular complexity index is 467. The van der Waals surface area contributed by atoms with Gasteiger partial charge in [-0.05, 0) is 19.1 Å². The number of benzene rings is 1. The monoisotopic (exact) mass is 294 g/mol. The zero-order chi connectivity index (χ0) is 15.1. The van der Waals surface area contributed by atoms with Crippen LogP contribution in [-0.4, -0.2) is 51.5 Å². The smallest absolute Gasteiger partial charge is 0.250 e. The fourth-order valence-corrected chi connectivity index (χ4v) is 2.19. The number of morpholine rings is 1. The molecular formula is C15H22N2O4. The van der Waals surface area contributed by atoms with E-state index in [2.05, 4.69) is 10.6 Å². The molecule has 1 amide bonds. The van der Waals surface area contributed by atoms with Crippen molar-refractivity contribution in [2.24, 2.45) is 0 Å². The van der Waals surface area contributed by atoms with Crippen LogP contribution >= 0.6 is 0 Å². The van der Waals surface area contributed by atoms with Gasteiger partial charge in [0.05, 0.1) is 31.6 Å². The molecule has 0 aliphatic carbocycles. The molecule has 1 aliphatic rings. The lowest BCUT2D eigenvalue weighted by molar-refractivity contribution is -0.123. The van der Waals surface area contributed by atoms with Crippen LogP contribution in [0.15, 0.2) is 24.3 Å². The maximum absolute atomic E-state index is 11.8. The van der Waals surface area contributed by atoms with Crippen molar-refractivity contribution >= 4 is 11.6 Å². The zero-order valence-electron chi connectivity index (χ0n) is 12.4. The molecule has 1 heterocycles. The number of rotatable bonds is 6. The van der Waals surface area contributed by atoms with Crippen molar-refractivity contribution in [3.63, 3.8) is 0 Å². The number of hydrogen-bond acceptors (Lipinski definition) is 5. The number of methoxy groups -OCH3 is 1. The fraction of sp³-hybridized carbons (Fsp3) is 0.533. The van der Waals surface area contributed by atoms with E-state index >= 15 is 0 Å². The second-order valence-corrected chi connectivity index (χ2v) is 4.99. The second-order valence-electron chi connectivity index (χ2n) is 4.99. The van der Waals surface area contributed by atoms with Crippen LogP contribution in [-0.2, 0) is 14.3 Å². The quantitative estimate of drug-likeness (QED) is 0.820. The first-order chi connectivity index (χ1) is 10.2. The van der Waals surface area contributed by atoms with Crippen molar-refractivity contribution in [2.45, 2.75) is 19.1 Å². The zero-order valence-corrected chi connectivity index (χ0v) is 12.4. The predicted octanol–water partition coefficient (Wildman–Crippen LogP) is 1.03. The summed E-state index contributed by atoms with van der Waals surface area (Å²) in [6, 6.07) is 7.26. The minimum Gasteiger partial charge on any atom is -0.495 e. The Hall–Kier alpha value is -1.63. The minimum atomic E-state index is -0.212. The summed E-state index contributed by atoms with van der Waals surface area (Å²) in [5, 5.41) is 6.02. The molecule has 1 aromatic carbocycles. The van der Waals surface area contributed by atoms with Crippen molar-refractivity contribution < 1.29 is 19.0 Å². The highest BCUT2D eigenvalue weighted by molar-refractivity contribution is 5.93. The molecule has 2 atom stereocenters. The van der Waals surface area contributed by atoms with E-state index in [0.29, 0.717) is 18.0 Å². The molecule has 1 aromatic rings. The van der Waals surface area contributed by atoms with Gasteiger partial charge in [-0.15, -0.1) is 0 Å². The molecular weight excluding hydrogens is 272 g/mol. The van der Waals surface area contributed by atoms with Gasteiger partial charge in [0.25, 0.3) is 0 Å². The second kappa shape index (κ2) is 7.97. The van der Waals surface area contributed by atoms with E-state index in [1.54, 1.807) is 19.2 Å². The average molecular weight is 294 g/mol. The van der Waals surface area contributed by atoms with Gasteiger partial charge in [-0.3, -0.25) is 4.79 Å². The summed E-state index contributed by atoms with van der Waals surface area (Å²) < 4.78 is 16.3. The Balaban J connectivity index is 1.72. The lowest BCUT2D eigenvalue weighted by Gasteiger charge is -2.28. The first kappa shape index (κ1) is 15.8. The van der Waals surface area contributed by atoms with Crippen LogP contribution in [0.25, 0.3) is 0 Å². The molecule has 116 valence electrons. The first-order valence-corrected chi connectivity index (χ1v) is 7.06. The van der Waals surface area contributed by atoms with Gasteiger partial charge in [-0.25, -0.2) is 0 Å². The van der Waals surface area contributed by atoms with Gasteiger partial charge in [-0.2, -0.15) is 0 Å². The molecule has 1 fully saturated rings. The highest BCUT2D eigenvalue weighted by Gasteiger charge is 2.19. The number of amides is 1. The normalized spacial score (nSPS) is 21.8. The van der Waals surface area contributed by atoms with Crippen molar-refractivity contribution in [1.82, 2.24) is 5.32 Å².